The molecule has 3 nitrogen and oxygen atoms in total. The van der Waals surface area contributed by atoms with E-state index in [0.29, 0.717) is 19.1 Å². The van der Waals surface area contributed by atoms with Crippen molar-refractivity contribution in [1.82, 2.24) is 5.32 Å². The number of ether oxygens (including phenoxy) is 1. The Labute approximate surface area is 117 Å². The Bertz CT molecular complexity index is 404. The van der Waals surface area contributed by atoms with E-state index in [1.165, 1.54) is 22.3 Å². The number of hydrogen-bond acceptors (Lipinski definition) is 3. The second-order valence-electron chi connectivity index (χ2n) is 5.37. The summed E-state index contributed by atoms with van der Waals surface area (Å²) in [6.45, 7) is 9.80. The zero-order valence-corrected chi connectivity index (χ0v) is 12.8. The lowest BCUT2D eigenvalue weighted by atomic mass is 9.96. The molecule has 0 aromatic heterocycles. The molecule has 0 saturated heterocycles. The highest BCUT2D eigenvalue weighted by Crippen LogP contribution is 2.21. The monoisotopic (exact) mass is 265 g/mol. The van der Waals surface area contributed by atoms with E-state index in [9.17, 15) is 5.11 Å². The van der Waals surface area contributed by atoms with E-state index >= 15 is 0 Å². The van der Waals surface area contributed by atoms with E-state index in [2.05, 4.69) is 45.1 Å². The molecule has 0 amide bonds. The van der Waals surface area contributed by atoms with E-state index in [1.54, 1.807) is 7.11 Å². The van der Waals surface area contributed by atoms with Crippen LogP contribution in [0.4, 0.5) is 0 Å². The third-order valence-electron chi connectivity index (χ3n) is 3.64. The summed E-state index contributed by atoms with van der Waals surface area (Å²) in [7, 11) is 1.61. The lowest BCUT2D eigenvalue weighted by Gasteiger charge is -2.19. The first-order chi connectivity index (χ1) is 8.95. The van der Waals surface area contributed by atoms with Crippen LogP contribution in [0, 0.1) is 20.8 Å². The maximum Gasteiger partial charge on any atom is 0.0785 e. The molecular weight excluding hydrogens is 238 g/mol. The van der Waals surface area contributed by atoms with Crippen molar-refractivity contribution in [3.63, 3.8) is 0 Å². The first-order valence-electron chi connectivity index (χ1n) is 6.93. The lowest BCUT2D eigenvalue weighted by Crippen LogP contribution is -2.26. The molecule has 0 spiro atoms. The van der Waals surface area contributed by atoms with E-state index in [1.807, 2.05) is 0 Å². The molecule has 0 radical (unpaired) electrons. The Morgan fingerprint density at radius 3 is 2.42 bits per heavy atom. The smallest absolute Gasteiger partial charge is 0.0785 e. The lowest BCUT2D eigenvalue weighted by molar-refractivity contribution is 0.0590. The molecular formula is C16H27NO2. The summed E-state index contributed by atoms with van der Waals surface area (Å²) >= 11 is 0. The van der Waals surface area contributed by atoms with Gasteiger partial charge in [-0.25, -0.2) is 0 Å². The van der Waals surface area contributed by atoms with Gasteiger partial charge in [0.15, 0.2) is 0 Å². The van der Waals surface area contributed by atoms with Crippen molar-refractivity contribution in [3.05, 3.63) is 34.4 Å². The minimum atomic E-state index is -0.384. The van der Waals surface area contributed by atoms with Gasteiger partial charge in [0, 0.05) is 13.2 Å². The maximum atomic E-state index is 9.60. The number of methoxy groups -OCH3 is 1. The van der Waals surface area contributed by atoms with Crippen molar-refractivity contribution in [1.29, 1.82) is 0 Å². The highest BCUT2D eigenvalue weighted by atomic mass is 16.5. The van der Waals surface area contributed by atoms with Crippen LogP contribution in [0.1, 0.15) is 41.6 Å². The van der Waals surface area contributed by atoms with Crippen molar-refractivity contribution in [3.8, 4) is 0 Å². The van der Waals surface area contributed by atoms with E-state index < -0.39 is 0 Å². The Morgan fingerprint density at radius 2 is 1.79 bits per heavy atom. The first kappa shape index (κ1) is 16.2. The van der Waals surface area contributed by atoms with Crippen molar-refractivity contribution >= 4 is 0 Å². The van der Waals surface area contributed by atoms with Crippen LogP contribution in [0.2, 0.25) is 0 Å². The maximum absolute atomic E-state index is 9.60. The van der Waals surface area contributed by atoms with Crippen LogP contribution in [-0.2, 0) is 4.74 Å². The van der Waals surface area contributed by atoms with Gasteiger partial charge in [0.05, 0.1) is 12.7 Å². The minimum Gasteiger partial charge on any atom is -0.391 e. The summed E-state index contributed by atoms with van der Waals surface area (Å²) in [6, 6.07) is 4.80. The van der Waals surface area contributed by atoms with Gasteiger partial charge >= 0.3 is 0 Å². The highest BCUT2D eigenvalue weighted by Gasteiger charge is 2.10. The van der Waals surface area contributed by atoms with Crippen molar-refractivity contribution < 1.29 is 9.84 Å². The molecule has 0 heterocycles. The second-order valence-corrected chi connectivity index (χ2v) is 5.37. The number of aryl methyl sites for hydroxylation is 3. The van der Waals surface area contributed by atoms with Gasteiger partial charge in [-0.3, -0.25) is 0 Å². The Morgan fingerprint density at radius 1 is 1.16 bits per heavy atom. The molecule has 0 aliphatic rings. The van der Waals surface area contributed by atoms with Crippen molar-refractivity contribution in [2.45, 2.75) is 46.3 Å². The zero-order chi connectivity index (χ0) is 14.4. The fourth-order valence-corrected chi connectivity index (χ4v) is 2.30. The van der Waals surface area contributed by atoms with Crippen LogP contribution in [0.15, 0.2) is 12.1 Å². The summed E-state index contributed by atoms with van der Waals surface area (Å²) in [5.74, 6) is 0. The summed E-state index contributed by atoms with van der Waals surface area (Å²) in [5.41, 5.74) is 5.32. The average molecular weight is 265 g/mol. The van der Waals surface area contributed by atoms with Crippen molar-refractivity contribution in [2.75, 3.05) is 20.3 Å². The highest BCUT2D eigenvalue weighted by molar-refractivity contribution is 5.37. The number of hydrogen-bond donors (Lipinski definition) is 2. The first-order valence-corrected chi connectivity index (χ1v) is 6.93. The molecule has 0 saturated carbocycles. The third kappa shape index (κ3) is 4.94. The molecule has 0 bridgehead atoms. The summed E-state index contributed by atoms with van der Waals surface area (Å²) in [4.78, 5) is 0. The van der Waals surface area contributed by atoms with Crippen LogP contribution in [0.5, 0.6) is 0 Å². The topological polar surface area (TPSA) is 41.5 Å². The Hall–Kier alpha value is -0.900. The quantitative estimate of drug-likeness (QED) is 0.796. The standard InChI is InChI=1S/C16H27NO2/c1-11-8-13(3)16(9-12(11)2)14(4)17-7-6-15(18)10-19-5/h8-9,14-15,17-18H,6-7,10H2,1-5H3. The van der Waals surface area contributed by atoms with Gasteiger partial charge in [-0.15, -0.1) is 0 Å². The van der Waals surface area contributed by atoms with Crippen LogP contribution in [-0.4, -0.2) is 31.5 Å². The predicted molar refractivity (Wildman–Crippen MR) is 79.6 cm³/mol. The second kappa shape index (κ2) is 7.63. The molecule has 3 heteroatoms. The zero-order valence-electron chi connectivity index (χ0n) is 12.8. The average Bonchev–Trinajstić information content (AvgIpc) is 2.34. The summed E-state index contributed by atoms with van der Waals surface area (Å²) in [6.07, 6.45) is 0.327. The Kier molecular flexibility index (Phi) is 6.49. The molecule has 1 aromatic carbocycles. The van der Waals surface area contributed by atoms with E-state index in [0.717, 1.165) is 6.54 Å². The molecule has 2 unspecified atom stereocenters. The van der Waals surface area contributed by atoms with Crippen molar-refractivity contribution in [2.24, 2.45) is 0 Å². The molecule has 2 atom stereocenters. The van der Waals surface area contributed by atoms with E-state index in [4.69, 9.17) is 4.74 Å². The van der Waals surface area contributed by atoms with Crippen LogP contribution < -0.4 is 5.32 Å². The minimum absolute atomic E-state index is 0.300. The third-order valence-corrected chi connectivity index (χ3v) is 3.64. The van der Waals surface area contributed by atoms with Crippen LogP contribution >= 0.6 is 0 Å². The van der Waals surface area contributed by atoms with Crippen LogP contribution in [0.3, 0.4) is 0 Å². The predicted octanol–water partition coefficient (Wildman–Crippen LogP) is 2.66. The van der Waals surface area contributed by atoms with Crippen LogP contribution in [0.25, 0.3) is 0 Å². The molecule has 0 aliphatic heterocycles. The molecule has 0 aliphatic carbocycles. The fourth-order valence-electron chi connectivity index (χ4n) is 2.30. The molecule has 2 N–H and O–H groups in total. The number of nitrogens with one attached hydrogen (secondary N) is 1. The normalized spacial score (nSPS) is 14.4. The summed E-state index contributed by atoms with van der Waals surface area (Å²) < 4.78 is 4.92. The number of aliphatic hydroxyl groups is 1. The van der Waals surface area contributed by atoms with Gasteiger partial charge in [-0.1, -0.05) is 12.1 Å². The summed E-state index contributed by atoms with van der Waals surface area (Å²) in [5, 5.41) is 13.1. The number of benzene rings is 1. The molecule has 19 heavy (non-hydrogen) atoms. The molecule has 0 fully saturated rings. The number of aliphatic hydroxyl groups excluding tert-OH is 1. The van der Waals surface area contributed by atoms with Gasteiger partial charge < -0.3 is 15.2 Å². The molecule has 108 valence electrons. The Balaban J connectivity index is 2.54. The number of rotatable bonds is 7. The molecule has 1 rings (SSSR count). The SMILES string of the molecule is COCC(O)CCNC(C)c1cc(C)c(C)cc1C. The van der Waals surface area contributed by atoms with Gasteiger partial charge in [0.1, 0.15) is 0 Å². The fraction of sp³-hybridized carbons (Fsp3) is 0.625. The largest absolute Gasteiger partial charge is 0.391 e. The van der Waals surface area contributed by atoms with Gasteiger partial charge in [0.25, 0.3) is 0 Å². The van der Waals surface area contributed by atoms with Gasteiger partial charge in [0.2, 0.25) is 0 Å². The molecule has 1 aromatic rings. The van der Waals surface area contributed by atoms with Gasteiger partial charge in [-0.2, -0.15) is 0 Å². The van der Waals surface area contributed by atoms with E-state index in [-0.39, 0.29) is 6.10 Å². The van der Waals surface area contributed by atoms with Gasteiger partial charge in [-0.05, 0) is 62.9 Å².